The molecule has 2 N–H and O–H groups in total. The van der Waals surface area contributed by atoms with Gasteiger partial charge < -0.3 is 15.0 Å². The van der Waals surface area contributed by atoms with Crippen molar-refractivity contribution in [2.45, 2.75) is 25.9 Å². The molecule has 0 saturated heterocycles. The molecule has 0 aliphatic heterocycles. The summed E-state index contributed by atoms with van der Waals surface area (Å²) in [6.45, 7) is 3.51. The van der Waals surface area contributed by atoms with Crippen LogP contribution in [0.3, 0.4) is 0 Å². The van der Waals surface area contributed by atoms with Crippen molar-refractivity contribution in [2.24, 2.45) is 5.73 Å². The molecule has 0 bridgehead atoms. The largest absolute Gasteiger partial charge is 0.385 e. The zero-order chi connectivity index (χ0) is 9.68. The van der Waals surface area contributed by atoms with Gasteiger partial charge in [0, 0.05) is 20.3 Å². The van der Waals surface area contributed by atoms with Crippen molar-refractivity contribution in [3.05, 3.63) is 12.2 Å². The van der Waals surface area contributed by atoms with Crippen LogP contribution in [0.25, 0.3) is 0 Å². The SMILES string of the molecule is COCCCn1cnnc1[C@H](C)N. The van der Waals surface area contributed by atoms with E-state index in [-0.39, 0.29) is 6.04 Å². The third kappa shape index (κ3) is 2.78. The van der Waals surface area contributed by atoms with Crippen molar-refractivity contribution in [1.82, 2.24) is 14.8 Å². The van der Waals surface area contributed by atoms with E-state index < -0.39 is 0 Å². The summed E-state index contributed by atoms with van der Waals surface area (Å²) in [7, 11) is 1.69. The van der Waals surface area contributed by atoms with Crippen LogP contribution in [0.5, 0.6) is 0 Å². The van der Waals surface area contributed by atoms with E-state index in [1.54, 1.807) is 13.4 Å². The second kappa shape index (κ2) is 4.94. The number of nitrogens with zero attached hydrogens (tertiary/aromatic N) is 3. The van der Waals surface area contributed by atoms with E-state index in [0.717, 1.165) is 25.4 Å². The van der Waals surface area contributed by atoms with Crippen LogP contribution in [0.15, 0.2) is 6.33 Å². The summed E-state index contributed by atoms with van der Waals surface area (Å²) in [5.41, 5.74) is 5.71. The lowest BCUT2D eigenvalue weighted by molar-refractivity contribution is 0.190. The Morgan fingerprint density at radius 3 is 3.08 bits per heavy atom. The van der Waals surface area contributed by atoms with E-state index in [0.29, 0.717) is 0 Å². The molecule has 0 aliphatic carbocycles. The predicted molar refractivity (Wildman–Crippen MR) is 49.1 cm³/mol. The standard InChI is InChI=1S/C8H16N4O/c1-7(9)8-11-10-6-12(8)4-3-5-13-2/h6-7H,3-5,9H2,1-2H3/t7-/m0/s1. The number of aryl methyl sites for hydroxylation is 1. The molecule has 5 nitrogen and oxygen atoms in total. The smallest absolute Gasteiger partial charge is 0.149 e. The highest BCUT2D eigenvalue weighted by atomic mass is 16.5. The molecule has 0 unspecified atom stereocenters. The summed E-state index contributed by atoms with van der Waals surface area (Å²) in [5.74, 6) is 0.830. The number of methoxy groups -OCH3 is 1. The average Bonchev–Trinajstić information content (AvgIpc) is 2.53. The molecule has 0 spiro atoms. The second-order valence-corrected chi connectivity index (χ2v) is 3.02. The predicted octanol–water partition coefficient (Wildman–Crippen LogP) is 0.334. The summed E-state index contributed by atoms with van der Waals surface area (Å²) in [6.07, 6.45) is 2.66. The van der Waals surface area contributed by atoms with E-state index in [1.165, 1.54) is 0 Å². The molecule has 0 aromatic carbocycles. The number of rotatable bonds is 5. The minimum atomic E-state index is -0.0648. The van der Waals surface area contributed by atoms with Gasteiger partial charge in [0.2, 0.25) is 0 Å². The minimum Gasteiger partial charge on any atom is -0.385 e. The molecule has 74 valence electrons. The van der Waals surface area contributed by atoms with Gasteiger partial charge in [0.15, 0.2) is 0 Å². The van der Waals surface area contributed by atoms with Crippen LogP contribution in [0.2, 0.25) is 0 Å². The Balaban J connectivity index is 2.50. The Labute approximate surface area is 77.9 Å². The molecule has 1 heterocycles. The first-order valence-electron chi connectivity index (χ1n) is 4.38. The topological polar surface area (TPSA) is 66.0 Å². The normalized spacial score (nSPS) is 13.2. The lowest BCUT2D eigenvalue weighted by Gasteiger charge is -2.07. The van der Waals surface area contributed by atoms with Gasteiger partial charge in [-0.25, -0.2) is 0 Å². The maximum atomic E-state index is 5.71. The highest BCUT2D eigenvalue weighted by Gasteiger charge is 2.07. The van der Waals surface area contributed by atoms with E-state index in [1.807, 2.05) is 11.5 Å². The van der Waals surface area contributed by atoms with Gasteiger partial charge in [0.05, 0.1) is 6.04 Å². The number of nitrogens with two attached hydrogens (primary N) is 1. The number of aromatic nitrogens is 3. The monoisotopic (exact) mass is 184 g/mol. The Kier molecular flexibility index (Phi) is 3.85. The molecule has 0 radical (unpaired) electrons. The molecule has 1 aromatic heterocycles. The van der Waals surface area contributed by atoms with Crippen LogP contribution < -0.4 is 5.73 Å². The zero-order valence-electron chi connectivity index (χ0n) is 8.10. The fraction of sp³-hybridized carbons (Fsp3) is 0.750. The first-order valence-corrected chi connectivity index (χ1v) is 4.38. The highest BCUT2D eigenvalue weighted by Crippen LogP contribution is 2.05. The van der Waals surface area contributed by atoms with E-state index in [9.17, 15) is 0 Å². The maximum Gasteiger partial charge on any atom is 0.149 e. The molecule has 13 heavy (non-hydrogen) atoms. The van der Waals surface area contributed by atoms with Crippen molar-refractivity contribution < 1.29 is 4.74 Å². The summed E-state index contributed by atoms with van der Waals surface area (Å²) in [4.78, 5) is 0. The molecule has 0 aliphatic rings. The first kappa shape index (κ1) is 10.1. The van der Waals surface area contributed by atoms with E-state index in [2.05, 4.69) is 10.2 Å². The third-order valence-corrected chi connectivity index (χ3v) is 1.80. The van der Waals surface area contributed by atoms with Crippen molar-refractivity contribution >= 4 is 0 Å². The Bertz CT molecular complexity index is 246. The van der Waals surface area contributed by atoms with Crippen molar-refractivity contribution in [3.8, 4) is 0 Å². The average molecular weight is 184 g/mol. The highest BCUT2D eigenvalue weighted by molar-refractivity contribution is 4.91. The molecular weight excluding hydrogens is 168 g/mol. The van der Waals surface area contributed by atoms with Gasteiger partial charge in [-0.1, -0.05) is 0 Å². The van der Waals surface area contributed by atoms with Crippen LogP contribution >= 0.6 is 0 Å². The Morgan fingerprint density at radius 1 is 1.69 bits per heavy atom. The summed E-state index contributed by atoms with van der Waals surface area (Å²) in [5, 5.41) is 7.76. The molecule has 0 amide bonds. The van der Waals surface area contributed by atoms with Crippen molar-refractivity contribution in [2.75, 3.05) is 13.7 Å². The fourth-order valence-corrected chi connectivity index (χ4v) is 1.17. The Morgan fingerprint density at radius 2 is 2.46 bits per heavy atom. The molecule has 0 saturated carbocycles. The quantitative estimate of drug-likeness (QED) is 0.670. The van der Waals surface area contributed by atoms with Gasteiger partial charge in [0.25, 0.3) is 0 Å². The summed E-state index contributed by atoms with van der Waals surface area (Å²) >= 11 is 0. The lowest BCUT2D eigenvalue weighted by atomic mass is 10.3. The molecular formula is C8H16N4O. The second-order valence-electron chi connectivity index (χ2n) is 3.02. The van der Waals surface area contributed by atoms with Crippen LogP contribution in [0.4, 0.5) is 0 Å². The summed E-state index contributed by atoms with van der Waals surface area (Å²) < 4.78 is 6.92. The Hall–Kier alpha value is -0.940. The van der Waals surface area contributed by atoms with Gasteiger partial charge in [-0.05, 0) is 13.3 Å². The molecule has 5 heteroatoms. The number of hydrogen-bond acceptors (Lipinski definition) is 4. The van der Waals surface area contributed by atoms with Crippen LogP contribution in [0.1, 0.15) is 25.2 Å². The van der Waals surface area contributed by atoms with Gasteiger partial charge in [-0.3, -0.25) is 0 Å². The van der Waals surface area contributed by atoms with Gasteiger partial charge in [-0.2, -0.15) is 0 Å². The van der Waals surface area contributed by atoms with Crippen LogP contribution in [-0.4, -0.2) is 28.5 Å². The first-order chi connectivity index (χ1) is 6.25. The number of hydrogen-bond donors (Lipinski definition) is 1. The van der Waals surface area contributed by atoms with Gasteiger partial charge in [0.1, 0.15) is 12.2 Å². The molecule has 1 atom stereocenters. The van der Waals surface area contributed by atoms with Crippen molar-refractivity contribution in [3.63, 3.8) is 0 Å². The molecule has 1 aromatic rings. The van der Waals surface area contributed by atoms with Crippen molar-refractivity contribution in [1.29, 1.82) is 0 Å². The van der Waals surface area contributed by atoms with Crippen LogP contribution in [0, 0.1) is 0 Å². The molecule has 0 fully saturated rings. The lowest BCUT2D eigenvalue weighted by Crippen LogP contribution is -2.14. The third-order valence-electron chi connectivity index (χ3n) is 1.80. The number of ether oxygens (including phenoxy) is 1. The van der Waals surface area contributed by atoms with Gasteiger partial charge >= 0.3 is 0 Å². The summed E-state index contributed by atoms with van der Waals surface area (Å²) in [6, 6.07) is -0.0648. The minimum absolute atomic E-state index is 0.0648. The van der Waals surface area contributed by atoms with Gasteiger partial charge in [-0.15, -0.1) is 10.2 Å². The van der Waals surface area contributed by atoms with E-state index >= 15 is 0 Å². The van der Waals surface area contributed by atoms with Crippen LogP contribution in [-0.2, 0) is 11.3 Å². The molecule has 1 rings (SSSR count). The maximum absolute atomic E-state index is 5.71. The van der Waals surface area contributed by atoms with E-state index in [4.69, 9.17) is 10.5 Å². The fourth-order valence-electron chi connectivity index (χ4n) is 1.17. The zero-order valence-corrected chi connectivity index (χ0v) is 8.10.